The van der Waals surface area contributed by atoms with Crippen molar-refractivity contribution in [1.29, 1.82) is 0 Å². The van der Waals surface area contributed by atoms with Crippen LogP contribution in [0.2, 0.25) is 0 Å². The van der Waals surface area contributed by atoms with Crippen LogP contribution in [0, 0.1) is 13.8 Å². The third-order valence-corrected chi connectivity index (χ3v) is 8.67. The second-order valence-electron chi connectivity index (χ2n) is 11.1. The van der Waals surface area contributed by atoms with E-state index < -0.39 is 11.9 Å². The fourth-order valence-corrected chi connectivity index (χ4v) is 6.21. The van der Waals surface area contributed by atoms with Crippen LogP contribution in [0.25, 0.3) is 44.4 Å². The van der Waals surface area contributed by atoms with Crippen molar-refractivity contribution >= 4 is 56.3 Å². The summed E-state index contributed by atoms with van der Waals surface area (Å²) < 4.78 is 0. The van der Waals surface area contributed by atoms with E-state index >= 15 is 0 Å². The van der Waals surface area contributed by atoms with Crippen molar-refractivity contribution in [2.24, 2.45) is 0 Å². The summed E-state index contributed by atoms with van der Waals surface area (Å²) in [4.78, 5) is 40.0. The zero-order valence-electron chi connectivity index (χ0n) is 25.7. The van der Waals surface area contributed by atoms with Crippen LogP contribution in [0.15, 0.2) is 24.3 Å². The molecule has 8 bridgehead atoms. The van der Waals surface area contributed by atoms with Crippen molar-refractivity contribution in [1.82, 2.24) is 19.9 Å². The summed E-state index contributed by atoms with van der Waals surface area (Å²) in [7, 11) is 0. The van der Waals surface area contributed by atoms with E-state index in [4.69, 9.17) is 9.97 Å². The third kappa shape index (κ3) is 6.81. The largest absolute Gasteiger partial charge is 1.00 e. The molecule has 3 aromatic heterocycles. The zero-order valence-corrected chi connectivity index (χ0v) is 28.6. The first-order valence-electron chi connectivity index (χ1n) is 14.6. The molecule has 2 N–H and O–H groups in total. The van der Waals surface area contributed by atoms with E-state index in [0.717, 1.165) is 74.2 Å². The molecule has 2 aliphatic heterocycles. The summed E-state index contributed by atoms with van der Waals surface area (Å²) in [6, 6.07) is 8.09. The average Bonchev–Trinajstić information content (AvgIpc) is 3.59. The first-order chi connectivity index (χ1) is 20.0. The molecule has 0 unspecified atom stereocenters. The molecule has 5 heterocycles. The number of aryl methyl sites for hydroxylation is 4. The molecule has 2 aliphatic rings. The van der Waals surface area contributed by atoms with Gasteiger partial charge < -0.3 is 29.8 Å². The third-order valence-electron chi connectivity index (χ3n) is 8.67. The van der Waals surface area contributed by atoms with Gasteiger partial charge in [0.2, 0.25) is 0 Å². The molecule has 8 nitrogen and oxygen atoms in total. The molecular weight excluding hydrogens is 744 g/mol. The maximum absolute atomic E-state index is 11.4. The number of hydrogen-bond donors (Lipinski definition) is 2. The van der Waals surface area contributed by atoms with Crippen molar-refractivity contribution in [2.45, 2.75) is 80.1 Å². The van der Waals surface area contributed by atoms with Gasteiger partial charge in [-0.1, -0.05) is 13.8 Å². The van der Waals surface area contributed by atoms with Crippen LogP contribution < -0.4 is 10.2 Å². The maximum Gasteiger partial charge on any atom is 1.00 e. The second kappa shape index (κ2) is 14.4. The number of aromatic amines is 2. The first-order valence-corrected chi connectivity index (χ1v) is 14.6. The molecule has 0 aromatic carbocycles. The van der Waals surface area contributed by atoms with E-state index in [1.165, 1.54) is 16.7 Å². The van der Waals surface area contributed by atoms with E-state index in [9.17, 15) is 19.8 Å². The zero-order chi connectivity index (χ0) is 30.3. The summed E-state index contributed by atoms with van der Waals surface area (Å²) in [5.74, 6) is -2.25. The van der Waals surface area contributed by atoms with Crippen molar-refractivity contribution in [3.8, 4) is 0 Å². The number of nitrogens with one attached hydrogen (secondary N) is 2. The number of carboxylic acids is 2. The molecule has 5 rings (SSSR count). The molecule has 0 aliphatic carbocycles. The normalized spacial score (nSPS) is 12.7. The van der Waals surface area contributed by atoms with Gasteiger partial charge in [0.15, 0.2) is 0 Å². The topological polar surface area (TPSA) is 138 Å². The van der Waals surface area contributed by atoms with Crippen LogP contribution in [0.1, 0.15) is 98.4 Å². The molecule has 0 radical (unpaired) electrons. The molecule has 0 saturated carbocycles. The number of allylic oxidation sites excluding steroid dienone is 4. The SMILES string of the molecule is CCc1c(C)c2cc3[nH]c(cc4nc(cc5nc(cc1[nH]2)C(C)=C5CCC(=O)[O-])C(CCC(=O)[O-])=C4C)c(C)c3CC.[Ag+].[Ag+]. The minimum atomic E-state index is -1.13. The standard InChI is InChI=1S/C34H38N4O4.2Ag/c1-7-21-17(3)25-13-26-19(5)23(9-11-33(39)40)31(37-26)16-32-24(10-12-34(41)42)20(6)28(38-32)15-30-22(8-2)18(4)27(36-30)14-29(21)35-25;;/h13-16,35-36H,7-12H2,1-6H3,(H,39,40)(H,41,42);;/q;2*+1/p-2. The smallest absolute Gasteiger partial charge is 0.550 e. The Kier molecular flexibility index (Phi) is 11.6. The van der Waals surface area contributed by atoms with E-state index in [-0.39, 0.29) is 70.4 Å². The molecule has 0 amide bonds. The van der Waals surface area contributed by atoms with Gasteiger partial charge in [-0.25, -0.2) is 9.97 Å². The molecule has 44 heavy (non-hydrogen) atoms. The average molecular weight is 780 g/mol. The number of carboxylic acid groups (broad SMARTS) is 2. The van der Waals surface area contributed by atoms with Gasteiger partial charge in [0.1, 0.15) is 0 Å². The number of fused-ring (bicyclic) bond motifs is 8. The molecule has 0 spiro atoms. The van der Waals surface area contributed by atoms with Crippen LogP contribution in [-0.4, -0.2) is 31.9 Å². The Balaban J connectivity index is 0.00000264. The van der Waals surface area contributed by atoms with Gasteiger partial charge in [-0.3, -0.25) is 0 Å². The minimum Gasteiger partial charge on any atom is -0.550 e. The predicted molar refractivity (Wildman–Crippen MR) is 163 cm³/mol. The fourth-order valence-electron chi connectivity index (χ4n) is 6.21. The number of nitrogens with zero attached hydrogens (tertiary/aromatic N) is 2. The van der Waals surface area contributed by atoms with Crippen molar-refractivity contribution < 1.29 is 64.6 Å². The molecule has 0 atom stereocenters. The van der Waals surface area contributed by atoms with E-state index in [0.29, 0.717) is 11.4 Å². The Morgan fingerprint density at radius 2 is 1.00 bits per heavy atom. The van der Waals surface area contributed by atoms with Gasteiger partial charge in [0.25, 0.3) is 0 Å². The number of aromatic nitrogens is 4. The summed E-state index contributed by atoms with van der Waals surface area (Å²) in [5.41, 5.74) is 14.9. The molecular formula is C34H36Ag2N4O4. The van der Waals surface area contributed by atoms with E-state index in [1.54, 1.807) is 0 Å². The summed E-state index contributed by atoms with van der Waals surface area (Å²) in [5, 5.41) is 22.8. The van der Waals surface area contributed by atoms with Crippen molar-refractivity contribution in [3.05, 3.63) is 69.3 Å². The number of carbonyl (C=O) groups excluding carboxylic acids is 2. The van der Waals surface area contributed by atoms with Gasteiger partial charge in [0, 0.05) is 34.0 Å². The number of hydrogen-bond acceptors (Lipinski definition) is 6. The van der Waals surface area contributed by atoms with Crippen molar-refractivity contribution in [2.75, 3.05) is 0 Å². The van der Waals surface area contributed by atoms with Gasteiger partial charge >= 0.3 is 44.8 Å². The van der Waals surface area contributed by atoms with E-state index in [1.807, 2.05) is 32.0 Å². The van der Waals surface area contributed by atoms with E-state index in [2.05, 4.69) is 43.7 Å². The Morgan fingerprint density at radius 3 is 1.41 bits per heavy atom. The predicted octanol–water partition coefficient (Wildman–Crippen LogP) is 4.97. The molecule has 0 fully saturated rings. The van der Waals surface area contributed by atoms with Crippen LogP contribution in [-0.2, 0) is 67.2 Å². The number of H-pyrrole nitrogens is 2. The van der Waals surface area contributed by atoms with Crippen molar-refractivity contribution in [3.63, 3.8) is 0 Å². The summed E-state index contributed by atoms with van der Waals surface area (Å²) in [6.45, 7) is 12.4. The minimum absolute atomic E-state index is 0. The Morgan fingerprint density at radius 1 is 0.614 bits per heavy atom. The number of aliphatic carboxylic acids is 2. The number of carbonyl (C=O) groups is 2. The fraction of sp³-hybridized carbons (Fsp3) is 0.353. The van der Waals surface area contributed by atoms with Crippen LogP contribution in [0.3, 0.4) is 0 Å². The Hall–Kier alpha value is -2.98. The molecule has 238 valence electrons. The quantitative estimate of drug-likeness (QED) is 0.310. The summed E-state index contributed by atoms with van der Waals surface area (Å²) >= 11 is 0. The van der Waals surface area contributed by atoms with Gasteiger partial charge in [0.05, 0.1) is 22.8 Å². The second-order valence-corrected chi connectivity index (χ2v) is 11.1. The van der Waals surface area contributed by atoms with Gasteiger partial charge in [-0.2, -0.15) is 0 Å². The van der Waals surface area contributed by atoms with Crippen LogP contribution >= 0.6 is 0 Å². The molecule has 3 aromatic rings. The molecule has 10 heteroatoms. The van der Waals surface area contributed by atoms with Gasteiger partial charge in [-0.05, 0) is 135 Å². The van der Waals surface area contributed by atoms with Crippen LogP contribution in [0.5, 0.6) is 0 Å². The molecule has 0 saturated heterocycles. The summed E-state index contributed by atoms with van der Waals surface area (Å²) in [6.07, 6.45) is 1.96. The Labute approximate surface area is 288 Å². The Bertz CT molecular complexity index is 1860. The number of rotatable bonds is 8. The first kappa shape index (κ1) is 35.5. The maximum atomic E-state index is 11.4. The monoisotopic (exact) mass is 778 g/mol. The van der Waals surface area contributed by atoms with Crippen LogP contribution in [0.4, 0.5) is 0 Å². The van der Waals surface area contributed by atoms with Gasteiger partial charge in [-0.15, -0.1) is 0 Å².